The molecule has 0 saturated carbocycles. The maximum absolute atomic E-state index is 11.5. The van der Waals surface area contributed by atoms with Crippen molar-refractivity contribution in [3.05, 3.63) is 48.3 Å². The number of aromatic hydroxyl groups is 1. The molecule has 92 valence electrons. The molecule has 18 heavy (non-hydrogen) atoms. The first-order valence-corrected chi connectivity index (χ1v) is 5.75. The van der Waals surface area contributed by atoms with Crippen molar-refractivity contribution >= 4 is 5.91 Å². The van der Waals surface area contributed by atoms with Gasteiger partial charge in [0.1, 0.15) is 11.4 Å². The van der Waals surface area contributed by atoms with Crippen molar-refractivity contribution in [1.29, 1.82) is 0 Å². The molecule has 4 nitrogen and oxygen atoms in total. The van der Waals surface area contributed by atoms with Gasteiger partial charge in [0.2, 0.25) is 0 Å². The third-order valence-electron chi connectivity index (χ3n) is 2.55. The molecule has 2 rings (SSSR count). The van der Waals surface area contributed by atoms with E-state index in [0.717, 1.165) is 5.56 Å². The molecule has 0 aliphatic rings. The van der Waals surface area contributed by atoms with Crippen LogP contribution < -0.4 is 5.32 Å². The Hall–Kier alpha value is -2.36. The van der Waals surface area contributed by atoms with E-state index in [0.29, 0.717) is 17.8 Å². The van der Waals surface area contributed by atoms with Crippen molar-refractivity contribution in [2.24, 2.45) is 0 Å². The number of phenolic OH excluding ortho intramolecular Hbond substituents is 1. The zero-order valence-electron chi connectivity index (χ0n) is 10.1. The van der Waals surface area contributed by atoms with Gasteiger partial charge in [-0.1, -0.05) is 24.3 Å². The van der Waals surface area contributed by atoms with Crippen LogP contribution in [0.4, 0.5) is 0 Å². The van der Waals surface area contributed by atoms with E-state index in [1.807, 2.05) is 13.0 Å². The minimum absolute atomic E-state index is 0.193. The summed E-state index contributed by atoms with van der Waals surface area (Å²) in [6, 6.07) is 10.4. The normalized spacial score (nSPS) is 10.1. The fraction of sp³-hybridized carbons (Fsp3) is 0.143. The van der Waals surface area contributed by atoms with Gasteiger partial charge in [-0.25, -0.2) is 0 Å². The van der Waals surface area contributed by atoms with E-state index >= 15 is 0 Å². The van der Waals surface area contributed by atoms with Crippen LogP contribution in [0.5, 0.6) is 5.75 Å². The number of carbonyl (C=O) groups is 1. The van der Waals surface area contributed by atoms with Crippen molar-refractivity contribution in [3.8, 4) is 16.9 Å². The summed E-state index contributed by atoms with van der Waals surface area (Å²) in [7, 11) is 0. The van der Waals surface area contributed by atoms with Gasteiger partial charge >= 0.3 is 0 Å². The van der Waals surface area contributed by atoms with Crippen LogP contribution in [0, 0.1) is 0 Å². The Morgan fingerprint density at radius 1 is 1.28 bits per heavy atom. The highest BCUT2D eigenvalue weighted by Crippen LogP contribution is 2.27. The Labute approximate surface area is 105 Å². The van der Waals surface area contributed by atoms with Crippen molar-refractivity contribution in [2.45, 2.75) is 6.92 Å². The Kier molecular flexibility index (Phi) is 3.57. The smallest absolute Gasteiger partial charge is 0.269 e. The number of carbonyl (C=O) groups excluding carboxylic acids is 1. The van der Waals surface area contributed by atoms with Gasteiger partial charge in [-0.2, -0.15) is 0 Å². The third kappa shape index (κ3) is 2.48. The third-order valence-corrected chi connectivity index (χ3v) is 2.55. The summed E-state index contributed by atoms with van der Waals surface area (Å²) in [5.74, 6) is 0.00592. The fourth-order valence-electron chi connectivity index (χ4n) is 1.66. The molecule has 1 aromatic carbocycles. The second-order valence-corrected chi connectivity index (χ2v) is 3.81. The topological polar surface area (TPSA) is 62.2 Å². The molecule has 1 heterocycles. The number of para-hydroxylation sites is 1. The number of rotatable bonds is 3. The summed E-state index contributed by atoms with van der Waals surface area (Å²) in [4.78, 5) is 15.6. The first-order chi connectivity index (χ1) is 8.72. The molecule has 0 aliphatic heterocycles. The van der Waals surface area contributed by atoms with Crippen LogP contribution in [0.25, 0.3) is 11.1 Å². The summed E-state index contributed by atoms with van der Waals surface area (Å²) in [6.45, 7) is 2.43. The average Bonchev–Trinajstić information content (AvgIpc) is 2.40. The standard InChI is InChI=1S/C14H14N2O2/c1-2-15-14(18)12-8-7-10(9-16-12)11-5-3-4-6-13(11)17/h3-9,17H,2H2,1H3,(H,15,18). The van der Waals surface area contributed by atoms with Crippen LogP contribution in [0.3, 0.4) is 0 Å². The van der Waals surface area contributed by atoms with Crippen LogP contribution in [0.15, 0.2) is 42.6 Å². The predicted octanol–water partition coefficient (Wildman–Crippen LogP) is 2.20. The van der Waals surface area contributed by atoms with Crippen LogP contribution in [0.2, 0.25) is 0 Å². The largest absolute Gasteiger partial charge is 0.507 e. The van der Waals surface area contributed by atoms with Crippen molar-refractivity contribution in [3.63, 3.8) is 0 Å². The fourth-order valence-corrected chi connectivity index (χ4v) is 1.66. The highest BCUT2D eigenvalue weighted by molar-refractivity contribution is 5.92. The molecule has 0 spiro atoms. The van der Waals surface area contributed by atoms with Crippen molar-refractivity contribution < 1.29 is 9.90 Å². The minimum atomic E-state index is -0.193. The summed E-state index contributed by atoms with van der Waals surface area (Å²) in [6.07, 6.45) is 1.58. The maximum atomic E-state index is 11.5. The molecule has 0 saturated heterocycles. The maximum Gasteiger partial charge on any atom is 0.269 e. The van der Waals surface area contributed by atoms with Gasteiger partial charge in [0.05, 0.1) is 0 Å². The van der Waals surface area contributed by atoms with Crippen molar-refractivity contribution in [2.75, 3.05) is 6.54 Å². The number of nitrogens with zero attached hydrogens (tertiary/aromatic N) is 1. The number of pyridine rings is 1. The van der Waals surface area contributed by atoms with E-state index in [4.69, 9.17) is 0 Å². The molecular formula is C14H14N2O2. The molecule has 1 amide bonds. The second-order valence-electron chi connectivity index (χ2n) is 3.81. The summed E-state index contributed by atoms with van der Waals surface area (Å²) in [5, 5.41) is 12.4. The number of hydrogen-bond donors (Lipinski definition) is 2. The quantitative estimate of drug-likeness (QED) is 0.867. The van der Waals surface area contributed by atoms with E-state index in [9.17, 15) is 9.90 Å². The van der Waals surface area contributed by atoms with E-state index in [1.165, 1.54) is 0 Å². The molecule has 1 aromatic heterocycles. The van der Waals surface area contributed by atoms with E-state index in [-0.39, 0.29) is 11.7 Å². The van der Waals surface area contributed by atoms with Gasteiger partial charge in [-0.3, -0.25) is 9.78 Å². The highest BCUT2D eigenvalue weighted by Gasteiger charge is 2.07. The van der Waals surface area contributed by atoms with E-state index < -0.39 is 0 Å². The molecule has 4 heteroatoms. The molecule has 0 fully saturated rings. The average molecular weight is 242 g/mol. The Bertz CT molecular complexity index is 550. The summed E-state index contributed by atoms with van der Waals surface area (Å²) < 4.78 is 0. The van der Waals surface area contributed by atoms with Crippen LogP contribution in [0.1, 0.15) is 17.4 Å². The van der Waals surface area contributed by atoms with E-state index in [1.54, 1.807) is 36.5 Å². The van der Waals surface area contributed by atoms with Crippen LogP contribution in [-0.4, -0.2) is 22.5 Å². The molecule has 0 bridgehead atoms. The molecule has 0 atom stereocenters. The van der Waals surface area contributed by atoms with Crippen LogP contribution >= 0.6 is 0 Å². The molecule has 2 N–H and O–H groups in total. The summed E-state index contributed by atoms with van der Waals surface area (Å²) >= 11 is 0. The SMILES string of the molecule is CCNC(=O)c1ccc(-c2ccccc2O)cn1. The lowest BCUT2D eigenvalue weighted by Gasteiger charge is -2.05. The van der Waals surface area contributed by atoms with Gasteiger partial charge in [-0.15, -0.1) is 0 Å². The number of phenols is 1. The Morgan fingerprint density at radius 2 is 2.06 bits per heavy atom. The molecule has 0 radical (unpaired) electrons. The zero-order valence-corrected chi connectivity index (χ0v) is 10.1. The predicted molar refractivity (Wildman–Crippen MR) is 69.3 cm³/mol. The lowest BCUT2D eigenvalue weighted by Crippen LogP contribution is -2.23. The molecule has 2 aromatic rings. The van der Waals surface area contributed by atoms with Crippen molar-refractivity contribution in [1.82, 2.24) is 10.3 Å². The number of amides is 1. The van der Waals surface area contributed by atoms with Gasteiger partial charge in [0.15, 0.2) is 0 Å². The molecule has 0 unspecified atom stereocenters. The Balaban J connectivity index is 2.28. The molecular weight excluding hydrogens is 228 g/mol. The van der Waals surface area contributed by atoms with Gasteiger partial charge in [0.25, 0.3) is 5.91 Å². The van der Waals surface area contributed by atoms with Gasteiger partial charge < -0.3 is 10.4 Å². The molecule has 0 aliphatic carbocycles. The number of nitrogens with one attached hydrogen (secondary N) is 1. The Morgan fingerprint density at radius 3 is 2.67 bits per heavy atom. The first-order valence-electron chi connectivity index (χ1n) is 5.75. The van der Waals surface area contributed by atoms with Crippen LogP contribution in [-0.2, 0) is 0 Å². The lowest BCUT2D eigenvalue weighted by molar-refractivity contribution is 0.0951. The highest BCUT2D eigenvalue weighted by atomic mass is 16.3. The zero-order chi connectivity index (χ0) is 13.0. The van der Waals surface area contributed by atoms with Gasteiger partial charge in [-0.05, 0) is 19.1 Å². The first kappa shape index (κ1) is 12.1. The number of hydrogen-bond acceptors (Lipinski definition) is 3. The summed E-state index contributed by atoms with van der Waals surface area (Å²) in [5.41, 5.74) is 1.85. The monoisotopic (exact) mass is 242 g/mol. The second kappa shape index (κ2) is 5.31. The lowest BCUT2D eigenvalue weighted by atomic mass is 10.1. The minimum Gasteiger partial charge on any atom is -0.507 e. The number of aromatic nitrogens is 1. The number of benzene rings is 1. The van der Waals surface area contributed by atoms with E-state index in [2.05, 4.69) is 10.3 Å². The van der Waals surface area contributed by atoms with Gasteiger partial charge in [0, 0.05) is 23.9 Å².